The van der Waals surface area contributed by atoms with Crippen molar-refractivity contribution in [2.24, 2.45) is 0 Å². The van der Waals surface area contributed by atoms with E-state index in [4.69, 9.17) is 9.84 Å². The van der Waals surface area contributed by atoms with Crippen molar-refractivity contribution in [2.45, 2.75) is 19.4 Å². The molecule has 0 fully saturated rings. The van der Waals surface area contributed by atoms with Crippen molar-refractivity contribution in [2.75, 3.05) is 19.8 Å². The van der Waals surface area contributed by atoms with Crippen molar-refractivity contribution in [3.05, 3.63) is 18.5 Å². The molecule has 4 nitrogen and oxygen atoms in total. The van der Waals surface area contributed by atoms with Gasteiger partial charge in [-0.25, -0.2) is 0 Å². The Morgan fingerprint density at radius 1 is 1.31 bits per heavy atom. The average molecular weight is 184 g/mol. The van der Waals surface area contributed by atoms with Gasteiger partial charge >= 0.3 is 0 Å². The second-order valence-electron chi connectivity index (χ2n) is 2.81. The molecule has 0 aliphatic heterocycles. The Morgan fingerprint density at radius 3 is 2.85 bits per heavy atom. The first kappa shape index (κ1) is 10.2. The van der Waals surface area contributed by atoms with Gasteiger partial charge in [0, 0.05) is 38.8 Å². The third kappa shape index (κ3) is 4.65. The van der Waals surface area contributed by atoms with E-state index in [-0.39, 0.29) is 6.61 Å². The number of aliphatic hydroxyl groups excluding tert-OH is 1. The Hall–Kier alpha value is -0.870. The second-order valence-corrected chi connectivity index (χ2v) is 2.81. The van der Waals surface area contributed by atoms with Gasteiger partial charge < -0.3 is 9.84 Å². The minimum Gasteiger partial charge on any atom is -0.396 e. The van der Waals surface area contributed by atoms with Gasteiger partial charge in [-0.2, -0.15) is 5.10 Å². The first-order valence-corrected chi connectivity index (χ1v) is 4.59. The topological polar surface area (TPSA) is 47.3 Å². The molecule has 13 heavy (non-hydrogen) atoms. The highest BCUT2D eigenvalue weighted by molar-refractivity contribution is 4.77. The largest absolute Gasteiger partial charge is 0.396 e. The lowest BCUT2D eigenvalue weighted by atomic mass is 10.4. The van der Waals surface area contributed by atoms with Crippen molar-refractivity contribution in [3.63, 3.8) is 0 Å². The van der Waals surface area contributed by atoms with E-state index in [2.05, 4.69) is 5.10 Å². The molecule has 1 heterocycles. The van der Waals surface area contributed by atoms with E-state index in [9.17, 15) is 0 Å². The molecule has 0 spiro atoms. The molecule has 0 unspecified atom stereocenters. The van der Waals surface area contributed by atoms with Gasteiger partial charge in [0.2, 0.25) is 0 Å². The van der Waals surface area contributed by atoms with Crippen molar-refractivity contribution >= 4 is 0 Å². The quantitative estimate of drug-likeness (QED) is 0.634. The van der Waals surface area contributed by atoms with Crippen LogP contribution in [0.1, 0.15) is 12.8 Å². The lowest BCUT2D eigenvalue weighted by Gasteiger charge is -2.02. The molecule has 0 aliphatic rings. The predicted octanol–water partition coefficient (Wildman–Crippen LogP) is 0.672. The van der Waals surface area contributed by atoms with Gasteiger partial charge in [0.1, 0.15) is 0 Å². The number of rotatable bonds is 7. The van der Waals surface area contributed by atoms with E-state index in [1.54, 1.807) is 6.20 Å². The van der Waals surface area contributed by atoms with Crippen molar-refractivity contribution in [1.29, 1.82) is 0 Å². The fourth-order valence-electron chi connectivity index (χ4n) is 1.03. The number of hydrogen-bond donors (Lipinski definition) is 1. The maximum absolute atomic E-state index is 8.48. The van der Waals surface area contributed by atoms with Gasteiger partial charge in [0.15, 0.2) is 0 Å². The van der Waals surface area contributed by atoms with E-state index >= 15 is 0 Å². The van der Waals surface area contributed by atoms with Crippen LogP contribution in [0.5, 0.6) is 0 Å². The normalized spacial score (nSPS) is 10.5. The summed E-state index contributed by atoms with van der Waals surface area (Å²) in [6.45, 7) is 2.49. The molecular formula is C9H16N2O2. The van der Waals surface area contributed by atoms with Gasteiger partial charge in [0.25, 0.3) is 0 Å². The molecule has 4 heteroatoms. The highest BCUT2D eigenvalue weighted by Gasteiger charge is 1.91. The molecule has 0 saturated carbocycles. The molecule has 0 amide bonds. The third-order valence-corrected chi connectivity index (χ3v) is 1.68. The van der Waals surface area contributed by atoms with Crippen molar-refractivity contribution in [3.8, 4) is 0 Å². The van der Waals surface area contributed by atoms with Crippen LogP contribution in [0, 0.1) is 0 Å². The molecule has 1 aromatic heterocycles. The average Bonchev–Trinajstić information content (AvgIpc) is 2.63. The number of nitrogens with zero attached hydrogens (tertiary/aromatic N) is 2. The van der Waals surface area contributed by atoms with Crippen LogP contribution in [-0.4, -0.2) is 34.7 Å². The zero-order valence-corrected chi connectivity index (χ0v) is 7.72. The summed E-state index contributed by atoms with van der Waals surface area (Å²) in [5.41, 5.74) is 0. The number of aliphatic hydroxyl groups is 1. The third-order valence-electron chi connectivity index (χ3n) is 1.68. The number of aromatic nitrogens is 2. The molecule has 0 aliphatic carbocycles. The van der Waals surface area contributed by atoms with E-state index in [0.29, 0.717) is 6.61 Å². The summed E-state index contributed by atoms with van der Waals surface area (Å²) in [5, 5.41) is 12.6. The smallest absolute Gasteiger partial charge is 0.0489 e. The molecule has 0 saturated heterocycles. The zero-order chi connectivity index (χ0) is 9.36. The Kier molecular flexibility index (Phi) is 5.20. The summed E-state index contributed by atoms with van der Waals surface area (Å²) in [7, 11) is 0. The van der Waals surface area contributed by atoms with Crippen molar-refractivity contribution in [1.82, 2.24) is 9.78 Å². The molecule has 1 N–H and O–H groups in total. The van der Waals surface area contributed by atoms with Crippen LogP contribution in [0.2, 0.25) is 0 Å². The standard InChI is InChI=1S/C9H16N2O2/c12-7-3-9-13-8-2-6-11-5-1-4-10-11/h1,4-5,12H,2-3,6-9H2. The molecule has 74 valence electrons. The summed E-state index contributed by atoms with van der Waals surface area (Å²) in [6.07, 6.45) is 5.40. The van der Waals surface area contributed by atoms with Crippen molar-refractivity contribution < 1.29 is 9.84 Å². The minimum absolute atomic E-state index is 0.207. The van der Waals surface area contributed by atoms with E-state index in [1.165, 1.54) is 0 Å². The minimum atomic E-state index is 0.207. The van der Waals surface area contributed by atoms with Crippen LogP contribution in [0.25, 0.3) is 0 Å². The first-order valence-electron chi connectivity index (χ1n) is 4.59. The molecule has 0 radical (unpaired) electrons. The fourth-order valence-corrected chi connectivity index (χ4v) is 1.03. The highest BCUT2D eigenvalue weighted by atomic mass is 16.5. The van der Waals surface area contributed by atoms with Gasteiger partial charge in [-0.1, -0.05) is 0 Å². The summed E-state index contributed by atoms with van der Waals surface area (Å²) in [6, 6.07) is 1.91. The summed E-state index contributed by atoms with van der Waals surface area (Å²) < 4.78 is 7.16. The molecule has 1 aromatic rings. The maximum Gasteiger partial charge on any atom is 0.0489 e. The first-order chi connectivity index (χ1) is 6.43. The van der Waals surface area contributed by atoms with E-state index in [1.807, 2.05) is 16.9 Å². The van der Waals surface area contributed by atoms with Crippen LogP contribution in [0.3, 0.4) is 0 Å². The van der Waals surface area contributed by atoms with Crippen LogP contribution in [0.4, 0.5) is 0 Å². The number of hydrogen-bond acceptors (Lipinski definition) is 3. The molecule has 0 atom stereocenters. The predicted molar refractivity (Wildman–Crippen MR) is 49.4 cm³/mol. The van der Waals surface area contributed by atoms with Crippen LogP contribution >= 0.6 is 0 Å². The summed E-state index contributed by atoms with van der Waals surface area (Å²) >= 11 is 0. The molecular weight excluding hydrogens is 168 g/mol. The second kappa shape index (κ2) is 6.62. The lowest BCUT2D eigenvalue weighted by Crippen LogP contribution is -2.04. The Balaban J connectivity index is 1.90. The number of aryl methyl sites for hydroxylation is 1. The van der Waals surface area contributed by atoms with Gasteiger partial charge in [-0.15, -0.1) is 0 Å². The fraction of sp³-hybridized carbons (Fsp3) is 0.667. The van der Waals surface area contributed by atoms with Gasteiger partial charge in [0.05, 0.1) is 0 Å². The van der Waals surface area contributed by atoms with E-state index < -0.39 is 0 Å². The SMILES string of the molecule is OCCCOCCCn1cccn1. The number of ether oxygens (including phenoxy) is 1. The van der Waals surface area contributed by atoms with Gasteiger partial charge in [-0.3, -0.25) is 4.68 Å². The summed E-state index contributed by atoms with van der Waals surface area (Å²) in [4.78, 5) is 0. The lowest BCUT2D eigenvalue weighted by molar-refractivity contribution is 0.111. The Morgan fingerprint density at radius 2 is 2.15 bits per heavy atom. The van der Waals surface area contributed by atoms with Crippen LogP contribution < -0.4 is 0 Å². The van der Waals surface area contributed by atoms with Crippen LogP contribution in [0.15, 0.2) is 18.5 Å². The van der Waals surface area contributed by atoms with Gasteiger partial charge in [-0.05, 0) is 18.9 Å². The molecule has 1 rings (SSSR count). The Labute approximate surface area is 78.1 Å². The molecule has 0 aromatic carbocycles. The summed E-state index contributed by atoms with van der Waals surface area (Å²) in [5.74, 6) is 0. The van der Waals surface area contributed by atoms with E-state index in [0.717, 1.165) is 26.0 Å². The van der Waals surface area contributed by atoms with Crippen LogP contribution in [-0.2, 0) is 11.3 Å². The highest BCUT2D eigenvalue weighted by Crippen LogP contribution is 1.91. The maximum atomic E-state index is 8.48. The zero-order valence-electron chi connectivity index (χ0n) is 7.72. The Bertz CT molecular complexity index is 199. The monoisotopic (exact) mass is 184 g/mol. The molecule has 0 bridgehead atoms.